The van der Waals surface area contributed by atoms with Gasteiger partial charge >= 0.3 is 0 Å². The standard InChI is InChI=1S/C18H15N3O5S2/c1-11-3-4-13(9-16(11)21(23)24)15-10-27-18(19-15)20-17(22)12-5-7-14(8-6-12)28(2,25)26/h3-10H,1-2H3,(H,19,20,22). The van der Waals surface area contributed by atoms with E-state index in [1.807, 2.05) is 0 Å². The quantitative estimate of drug-likeness (QED) is 0.499. The topological polar surface area (TPSA) is 119 Å². The van der Waals surface area contributed by atoms with Crippen molar-refractivity contribution < 1.29 is 18.1 Å². The third kappa shape index (κ3) is 4.24. The molecule has 3 rings (SSSR count). The van der Waals surface area contributed by atoms with Gasteiger partial charge in [-0.2, -0.15) is 0 Å². The third-order valence-electron chi connectivity index (χ3n) is 3.97. The number of hydrogen-bond acceptors (Lipinski definition) is 7. The molecule has 1 heterocycles. The average molecular weight is 417 g/mol. The van der Waals surface area contributed by atoms with Crippen LogP contribution < -0.4 is 5.32 Å². The largest absolute Gasteiger partial charge is 0.298 e. The van der Waals surface area contributed by atoms with Crippen LogP contribution >= 0.6 is 11.3 Å². The predicted octanol–water partition coefficient (Wildman–Crippen LogP) is 3.68. The summed E-state index contributed by atoms with van der Waals surface area (Å²) in [4.78, 5) is 27.4. The van der Waals surface area contributed by atoms with Gasteiger partial charge in [-0.25, -0.2) is 13.4 Å². The number of aromatic nitrogens is 1. The summed E-state index contributed by atoms with van der Waals surface area (Å²) in [5.41, 5.74) is 1.93. The highest BCUT2D eigenvalue weighted by Gasteiger charge is 2.15. The Kier molecular flexibility index (Phi) is 5.25. The van der Waals surface area contributed by atoms with Crippen LogP contribution in [0.3, 0.4) is 0 Å². The lowest BCUT2D eigenvalue weighted by Gasteiger charge is -2.03. The van der Waals surface area contributed by atoms with Crippen LogP contribution in [0.5, 0.6) is 0 Å². The maximum atomic E-state index is 12.3. The zero-order valence-electron chi connectivity index (χ0n) is 14.9. The minimum absolute atomic E-state index is 0.00190. The van der Waals surface area contributed by atoms with E-state index in [-0.39, 0.29) is 16.1 Å². The number of nitro benzene ring substituents is 1. The van der Waals surface area contributed by atoms with Gasteiger partial charge in [-0.05, 0) is 31.2 Å². The van der Waals surface area contributed by atoms with E-state index < -0.39 is 20.7 Å². The molecule has 0 spiro atoms. The molecule has 0 bridgehead atoms. The van der Waals surface area contributed by atoms with Crippen molar-refractivity contribution in [2.45, 2.75) is 11.8 Å². The van der Waals surface area contributed by atoms with Crippen LogP contribution in [-0.2, 0) is 9.84 Å². The molecule has 0 saturated carbocycles. The van der Waals surface area contributed by atoms with Crippen molar-refractivity contribution in [2.24, 2.45) is 0 Å². The number of amides is 1. The molecule has 0 saturated heterocycles. The van der Waals surface area contributed by atoms with Crippen LogP contribution in [0.25, 0.3) is 11.3 Å². The van der Waals surface area contributed by atoms with Crippen LogP contribution in [0, 0.1) is 17.0 Å². The molecule has 0 aliphatic heterocycles. The van der Waals surface area contributed by atoms with Crippen LogP contribution in [0.2, 0.25) is 0 Å². The second-order valence-electron chi connectivity index (χ2n) is 6.05. The SMILES string of the molecule is Cc1ccc(-c2csc(NC(=O)c3ccc(S(C)(=O)=O)cc3)n2)cc1[N+](=O)[O-]. The number of nitrogens with one attached hydrogen (secondary N) is 1. The van der Waals surface area contributed by atoms with Crippen molar-refractivity contribution in [2.75, 3.05) is 11.6 Å². The van der Waals surface area contributed by atoms with E-state index in [0.717, 1.165) is 6.26 Å². The first kappa shape index (κ1) is 19.6. The van der Waals surface area contributed by atoms with E-state index in [0.29, 0.717) is 22.0 Å². The predicted molar refractivity (Wildman–Crippen MR) is 106 cm³/mol. The molecular formula is C18H15N3O5S2. The maximum Gasteiger partial charge on any atom is 0.272 e. The first-order valence-corrected chi connectivity index (χ1v) is 10.7. The number of nitrogens with zero attached hydrogens (tertiary/aromatic N) is 2. The molecule has 0 radical (unpaired) electrons. The number of thiazole rings is 1. The molecule has 1 aromatic heterocycles. The summed E-state index contributed by atoms with van der Waals surface area (Å²) in [6.07, 6.45) is 1.09. The van der Waals surface area contributed by atoms with Crippen molar-refractivity contribution in [3.05, 3.63) is 69.1 Å². The molecule has 8 nitrogen and oxygen atoms in total. The highest BCUT2D eigenvalue weighted by atomic mass is 32.2. The Morgan fingerprint density at radius 1 is 1.18 bits per heavy atom. The lowest BCUT2D eigenvalue weighted by molar-refractivity contribution is -0.385. The number of hydrogen-bond donors (Lipinski definition) is 1. The lowest BCUT2D eigenvalue weighted by Crippen LogP contribution is -2.12. The number of rotatable bonds is 5. The van der Waals surface area contributed by atoms with E-state index >= 15 is 0 Å². The zero-order valence-corrected chi connectivity index (χ0v) is 16.5. The van der Waals surface area contributed by atoms with Crippen LogP contribution in [0.1, 0.15) is 15.9 Å². The molecule has 0 atom stereocenters. The second kappa shape index (κ2) is 7.49. The van der Waals surface area contributed by atoms with Crippen molar-refractivity contribution in [1.82, 2.24) is 4.98 Å². The summed E-state index contributed by atoms with van der Waals surface area (Å²) in [7, 11) is -3.33. The molecule has 1 amide bonds. The molecule has 2 aromatic carbocycles. The van der Waals surface area contributed by atoms with Gasteiger partial charge in [0, 0.05) is 34.4 Å². The highest BCUT2D eigenvalue weighted by Crippen LogP contribution is 2.29. The summed E-state index contributed by atoms with van der Waals surface area (Å²) in [5.74, 6) is -0.434. The monoisotopic (exact) mass is 417 g/mol. The number of benzene rings is 2. The maximum absolute atomic E-state index is 12.3. The number of aryl methyl sites for hydroxylation is 1. The first-order valence-electron chi connectivity index (χ1n) is 7.97. The van der Waals surface area contributed by atoms with Crippen molar-refractivity contribution in [3.63, 3.8) is 0 Å². The van der Waals surface area contributed by atoms with E-state index in [4.69, 9.17) is 0 Å². The Labute approximate surface area is 164 Å². The van der Waals surface area contributed by atoms with Gasteiger partial charge in [0.05, 0.1) is 15.5 Å². The van der Waals surface area contributed by atoms with Gasteiger partial charge in [-0.15, -0.1) is 11.3 Å². The summed E-state index contributed by atoms with van der Waals surface area (Å²) >= 11 is 1.18. The Balaban J connectivity index is 1.78. The van der Waals surface area contributed by atoms with Gasteiger partial charge in [0.15, 0.2) is 15.0 Å². The second-order valence-corrected chi connectivity index (χ2v) is 8.92. The van der Waals surface area contributed by atoms with Crippen molar-refractivity contribution in [3.8, 4) is 11.3 Å². The van der Waals surface area contributed by atoms with Crippen molar-refractivity contribution in [1.29, 1.82) is 0 Å². The third-order valence-corrected chi connectivity index (χ3v) is 5.86. The van der Waals surface area contributed by atoms with E-state index in [1.165, 1.54) is 41.7 Å². The summed E-state index contributed by atoms with van der Waals surface area (Å²) in [6, 6.07) is 10.4. The van der Waals surface area contributed by atoms with E-state index in [2.05, 4.69) is 10.3 Å². The van der Waals surface area contributed by atoms with Gasteiger partial charge in [-0.1, -0.05) is 12.1 Å². The Bertz CT molecular complexity index is 1170. The fourth-order valence-electron chi connectivity index (χ4n) is 2.45. The zero-order chi connectivity index (χ0) is 20.5. The summed E-state index contributed by atoms with van der Waals surface area (Å²) < 4.78 is 23.0. The summed E-state index contributed by atoms with van der Waals surface area (Å²) in [5, 5.41) is 15.8. The van der Waals surface area contributed by atoms with Gasteiger partial charge in [0.2, 0.25) is 0 Å². The molecule has 144 valence electrons. The Morgan fingerprint density at radius 2 is 1.86 bits per heavy atom. The number of sulfone groups is 1. The van der Waals surface area contributed by atoms with Crippen LogP contribution in [-0.4, -0.2) is 30.5 Å². The fraction of sp³-hybridized carbons (Fsp3) is 0.111. The summed E-state index contributed by atoms with van der Waals surface area (Å²) in [6.45, 7) is 1.66. The van der Waals surface area contributed by atoms with E-state index in [1.54, 1.807) is 24.4 Å². The van der Waals surface area contributed by atoms with Crippen LogP contribution in [0.4, 0.5) is 10.8 Å². The Hall–Kier alpha value is -3.11. The van der Waals surface area contributed by atoms with Gasteiger partial charge in [0.25, 0.3) is 11.6 Å². The minimum atomic E-state index is -3.33. The van der Waals surface area contributed by atoms with Gasteiger partial charge in [0.1, 0.15) is 0 Å². The molecule has 10 heteroatoms. The minimum Gasteiger partial charge on any atom is -0.298 e. The van der Waals surface area contributed by atoms with Gasteiger partial charge < -0.3 is 0 Å². The molecule has 0 aliphatic rings. The number of carbonyl (C=O) groups excluding carboxylic acids is 1. The molecule has 1 N–H and O–H groups in total. The smallest absolute Gasteiger partial charge is 0.272 e. The number of carbonyl (C=O) groups is 1. The van der Waals surface area contributed by atoms with E-state index in [9.17, 15) is 23.3 Å². The number of nitro groups is 1. The van der Waals surface area contributed by atoms with Crippen LogP contribution in [0.15, 0.2) is 52.7 Å². The fourth-order valence-corrected chi connectivity index (χ4v) is 3.80. The Morgan fingerprint density at radius 3 is 2.46 bits per heavy atom. The average Bonchev–Trinajstić information content (AvgIpc) is 3.09. The lowest BCUT2D eigenvalue weighted by atomic mass is 10.1. The molecule has 0 fully saturated rings. The normalized spacial score (nSPS) is 11.2. The van der Waals surface area contributed by atoms with Gasteiger partial charge in [-0.3, -0.25) is 20.2 Å². The highest BCUT2D eigenvalue weighted by molar-refractivity contribution is 7.90. The molecule has 3 aromatic rings. The number of anilines is 1. The molecule has 28 heavy (non-hydrogen) atoms. The van der Waals surface area contributed by atoms with Crippen molar-refractivity contribution >= 4 is 37.9 Å². The molecule has 0 aliphatic carbocycles. The molecule has 0 unspecified atom stereocenters. The molecular weight excluding hydrogens is 402 g/mol. The first-order chi connectivity index (χ1) is 13.1.